The van der Waals surface area contributed by atoms with Crippen LogP contribution in [0.25, 0.3) is 6.08 Å². The van der Waals surface area contributed by atoms with Crippen molar-refractivity contribution in [3.05, 3.63) is 72.8 Å². The van der Waals surface area contributed by atoms with Crippen LogP contribution in [0.1, 0.15) is 28.8 Å². The van der Waals surface area contributed by atoms with E-state index >= 15 is 0 Å². The molecule has 0 fully saturated rings. The molecule has 10 heteroatoms. The van der Waals surface area contributed by atoms with Gasteiger partial charge in [0.1, 0.15) is 28.2 Å². The topological polar surface area (TPSA) is 57.3 Å². The Hall–Kier alpha value is -1.63. The third-order valence-corrected chi connectivity index (χ3v) is 6.09. The Labute approximate surface area is 191 Å². The number of hydrogen-bond acceptors (Lipinski definition) is 4. The average Bonchev–Trinajstić information content (AvgIpc) is 3.38. The number of halogens is 5. The molecule has 29 heavy (non-hydrogen) atoms. The molecule has 3 rings (SSSR count). The molecule has 0 N–H and O–H groups in total. The van der Waals surface area contributed by atoms with Crippen LogP contribution < -0.4 is 4.74 Å². The normalized spacial score (nSPS) is 11.4. The van der Waals surface area contributed by atoms with E-state index in [9.17, 15) is 4.79 Å². The lowest BCUT2D eigenvalue weighted by Gasteiger charge is -2.12. The van der Waals surface area contributed by atoms with Gasteiger partial charge in [-0.25, -0.2) is 0 Å². The quantitative estimate of drug-likeness (QED) is 0.150. The summed E-state index contributed by atoms with van der Waals surface area (Å²) in [5, 5.41) is 4.32. The number of hydrogen-bond donors (Lipinski definition) is 0. The van der Waals surface area contributed by atoms with Crippen LogP contribution in [0.15, 0.2) is 35.0 Å². The van der Waals surface area contributed by atoms with Gasteiger partial charge >= 0.3 is 0 Å². The molecule has 1 aromatic carbocycles. The van der Waals surface area contributed by atoms with E-state index in [2.05, 4.69) is 5.10 Å². The molecule has 5 nitrogen and oxygen atoms in total. The van der Waals surface area contributed by atoms with Crippen molar-refractivity contribution in [2.45, 2.75) is 20.1 Å². The maximum Gasteiger partial charge on any atom is 0.189 e. The fourth-order valence-electron chi connectivity index (χ4n) is 2.33. The summed E-state index contributed by atoms with van der Waals surface area (Å²) in [5.74, 6) is 0.877. The van der Waals surface area contributed by atoms with Crippen molar-refractivity contribution in [3.63, 3.8) is 0 Å². The third-order valence-electron chi connectivity index (χ3n) is 3.85. The van der Waals surface area contributed by atoms with Gasteiger partial charge in [0.25, 0.3) is 0 Å². The molecule has 0 saturated heterocycles. The zero-order valence-electron chi connectivity index (χ0n) is 14.9. The zero-order valence-corrected chi connectivity index (χ0v) is 18.7. The van der Waals surface area contributed by atoms with Crippen LogP contribution in [0.3, 0.4) is 0 Å². The van der Waals surface area contributed by atoms with Crippen molar-refractivity contribution in [1.82, 2.24) is 9.78 Å². The van der Waals surface area contributed by atoms with Gasteiger partial charge in [-0.2, -0.15) is 5.10 Å². The fraction of sp³-hybridized carbons (Fsp3) is 0.158. The lowest BCUT2D eigenvalue weighted by Crippen LogP contribution is -1.96. The minimum Gasteiger partial charge on any atom is -0.482 e. The molecule has 0 aliphatic carbocycles. The number of ketones is 1. The van der Waals surface area contributed by atoms with Crippen molar-refractivity contribution >= 4 is 69.9 Å². The Morgan fingerprint density at radius 2 is 1.76 bits per heavy atom. The standard InChI is InChI=1S/C19H13Cl5N2O3/c1-2-26-8-10(7-25-26)13(27)6-5-11-3-4-12(29-11)9-28-19-17(23)15(21)14(20)16(22)18(19)24/h3-8H,2,9H2,1H3/b6-5+. The summed E-state index contributed by atoms with van der Waals surface area (Å²) in [6.45, 7) is 2.64. The minimum atomic E-state index is -0.178. The second-order valence-electron chi connectivity index (χ2n) is 5.77. The predicted molar refractivity (Wildman–Crippen MR) is 116 cm³/mol. The van der Waals surface area contributed by atoms with E-state index in [1.807, 2.05) is 6.92 Å². The number of benzene rings is 1. The summed E-state index contributed by atoms with van der Waals surface area (Å²) in [5.41, 5.74) is 0.499. The van der Waals surface area contributed by atoms with Gasteiger partial charge in [-0.1, -0.05) is 58.0 Å². The predicted octanol–water partition coefficient (Wildman–Crippen LogP) is 7.24. The maximum absolute atomic E-state index is 12.2. The Bertz CT molecular complexity index is 1060. The van der Waals surface area contributed by atoms with Crippen LogP contribution in [0.2, 0.25) is 25.1 Å². The number of carbonyl (C=O) groups excluding carboxylic acids is 1. The largest absolute Gasteiger partial charge is 0.482 e. The highest BCUT2D eigenvalue weighted by molar-refractivity contribution is 6.55. The number of aromatic nitrogens is 2. The van der Waals surface area contributed by atoms with Gasteiger partial charge in [0.15, 0.2) is 11.5 Å². The summed E-state index contributed by atoms with van der Waals surface area (Å²) in [4.78, 5) is 12.2. The number of allylic oxidation sites excluding steroid dienone is 1. The molecule has 0 atom stereocenters. The highest BCUT2D eigenvalue weighted by Gasteiger charge is 2.21. The summed E-state index contributed by atoms with van der Waals surface area (Å²) in [6, 6.07) is 3.39. The smallest absolute Gasteiger partial charge is 0.189 e. The molecule has 152 valence electrons. The third kappa shape index (κ3) is 4.93. The lowest BCUT2D eigenvalue weighted by molar-refractivity contribution is 0.104. The van der Waals surface area contributed by atoms with Crippen LogP contribution in [-0.2, 0) is 13.2 Å². The number of aryl methyl sites for hydroxylation is 1. The molecule has 0 aliphatic heterocycles. The first-order valence-electron chi connectivity index (χ1n) is 8.29. The summed E-state index contributed by atoms with van der Waals surface area (Å²) in [7, 11) is 0. The lowest BCUT2D eigenvalue weighted by atomic mass is 10.2. The highest BCUT2D eigenvalue weighted by Crippen LogP contribution is 2.48. The number of rotatable bonds is 7. The number of nitrogens with zero attached hydrogens (tertiary/aromatic N) is 2. The maximum atomic E-state index is 12.2. The van der Waals surface area contributed by atoms with Crippen LogP contribution in [0.5, 0.6) is 5.75 Å². The molecule has 0 radical (unpaired) electrons. The first-order chi connectivity index (χ1) is 13.8. The van der Waals surface area contributed by atoms with Crippen LogP contribution in [0, 0.1) is 0 Å². The van der Waals surface area contributed by atoms with Crippen molar-refractivity contribution < 1.29 is 13.9 Å². The summed E-state index contributed by atoms with van der Waals surface area (Å²) >= 11 is 30.3. The van der Waals surface area contributed by atoms with E-state index in [-0.39, 0.29) is 43.3 Å². The average molecular weight is 495 g/mol. The van der Waals surface area contributed by atoms with Crippen molar-refractivity contribution in [3.8, 4) is 5.75 Å². The van der Waals surface area contributed by atoms with Gasteiger partial charge in [0.2, 0.25) is 0 Å². The van der Waals surface area contributed by atoms with E-state index in [1.165, 1.54) is 12.3 Å². The van der Waals surface area contributed by atoms with Gasteiger partial charge in [0.05, 0.1) is 26.8 Å². The van der Waals surface area contributed by atoms with Gasteiger partial charge in [-0.05, 0) is 31.2 Å². The second-order valence-corrected chi connectivity index (χ2v) is 7.66. The van der Waals surface area contributed by atoms with E-state index in [0.29, 0.717) is 23.6 Å². The fourth-order valence-corrected chi connectivity index (χ4v) is 3.56. The molecule has 3 aromatic rings. The van der Waals surface area contributed by atoms with Crippen molar-refractivity contribution in [2.24, 2.45) is 0 Å². The summed E-state index contributed by atoms with van der Waals surface area (Å²) < 4.78 is 12.9. The van der Waals surface area contributed by atoms with Crippen molar-refractivity contribution in [1.29, 1.82) is 0 Å². The van der Waals surface area contributed by atoms with Gasteiger partial charge in [0, 0.05) is 12.7 Å². The monoisotopic (exact) mass is 492 g/mol. The molecule has 0 bridgehead atoms. The van der Waals surface area contributed by atoms with Crippen LogP contribution in [0.4, 0.5) is 0 Å². The zero-order chi connectivity index (χ0) is 21.1. The SMILES string of the molecule is CCn1cc(C(=O)/C=C/c2ccc(COc3c(Cl)c(Cl)c(Cl)c(Cl)c3Cl)o2)cn1. The molecule has 0 unspecified atom stereocenters. The van der Waals surface area contributed by atoms with E-state index in [4.69, 9.17) is 67.2 Å². The second kappa shape index (κ2) is 9.45. The first-order valence-corrected chi connectivity index (χ1v) is 10.2. The number of furan rings is 1. The van der Waals surface area contributed by atoms with Gasteiger partial charge in [-0.3, -0.25) is 9.48 Å². The van der Waals surface area contributed by atoms with Crippen LogP contribution >= 0.6 is 58.0 Å². The van der Waals surface area contributed by atoms with Crippen LogP contribution in [-0.4, -0.2) is 15.6 Å². The molecule has 2 heterocycles. The molecule has 0 aliphatic rings. The molecule has 2 aromatic heterocycles. The molecular formula is C19H13Cl5N2O3. The highest BCUT2D eigenvalue weighted by atomic mass is 35.5. The van der Waals surface area contributed by atoms with Gasteiger partial charge in [-0.15, -0.1) is 0 Å². The molecule has 0 saturated carbocycles. The Morgan fingerprint density at radius 3 is 2.38 bits per heavy atom. The molecular weight excluding hydrogens is 481 g/mol. The summed E-state index contributed by atoms with van der Waals surface area (Å²) in [6.07, 6.45) is 6.18. The number of carbonyl (C=O) groups is 1. The first kappa shape index (κ1) is 22.1. The molecule has 0 amide bonds. The number of ether oxygens (including phenoxy) is 1. The van der Waals surface area contributed by atoms with Crippen molar-refractivity contribution in [2.75, 3.05) is 0 Å². The Morgan fingerprint density at radius 1 is 1.10 bits per heavy atom. The van der Waals surface area contributed by atoms with Gasteiger partial charge < -0.3 is 9.15 Å². The van der Waals surface area contributed by atoms with E-state index in [0.717, 1.165) is 0 Å². The molecule has 0 spiro atoms. The Balaban J connectivity index is 1.68. The van der Waals surface area contributed by atoms with E-state index < -0.39 is 0 Å². The van der Waals surface area contributed by atoms with E-state index in [1.54, 1.807) is 29.1 Å². The minimum absolute atomic E-state index is 0.0127. The Kier molecular flexibility index (Phi) is 7.19.